The average Bonchev–Trinajstić information content (AvgIpc) is 2.77. The third-order valence-electron chi connectivity index (χ3n) is 3.76. The van der Waals surface area contributed by atoms with Gasteiger partial charge < -0.3 is 23.7 Å². The minimum atomic E-state index is -0.460. The normalized spacial score (nSPS) is 10.5. The Balaban J connectivity index is 1.36. The minimum absolute atomic E-state index is 0.0212. The predicted octanol–water partition coefficient (Wildman–Crippen LogP) is 2.88. The van der Waals surface area contributed by atoms with Crippen molar-refractivity contribution in [3.63, 3.8) is 0 Å². The van der Waals surface area contributed by atoms with Crippen LogP contribution in [0.5, 0.6) is 5.75 Å². The topological polar surface area (TPSA) is 106 Å². The molecule has 0 N–H and O–H groups in total. The highest BCUT2D eigenvalue weighted by Crippen LogP contribution is 2.17. The van der Waals surface area contributed by atoms with Gasteiger partial charge in [-0.05, 0) is 24.3 Å². The molecule has 0 heterocycles. The van der Waals surface area contributed by atoms with Gasteiger partial charge in [-0.2, -0.15) is 0 Å². The molecule has 0 unspecified atom stereocenters. The van der Waals surface area contributed by atoms with Crippen LogP contribution in [0.25, 0.3) is 0 Å². The van der Waals surface area contributed by atoms with Gasteiger partial charge in [0.15, 0.2) is 0 Å². The summed E-state index contributed by atoms with van der Waals surface area (Å²) < 4.78 is 26.6. The second kappa shape index (κ2) is 14.0. The van der Waals surface area contributed by atoms with Crippen LogP contribution >= 0.6 is 0 Å². The first-order chi connectivity index (χ1) is 14.7. The Morgan fingerprint density at radius 2 is 1.27 bits per heavy atom. The van der Waals surface area contributed by atoms with Crippen molar-refractivity contribution in [3.8, 4) is 5.75 Å². The lowest BCUT2D eigenvalue weighted by Gasteiger charge is -2.08. The first-order valence-electron chi connectivity index (χ1n) is 9.49. The third-order valence-corrected chi connectivity index (χ3v) is 3.76. The molecule has 0 saturated heterocycles. The fourth-order valence-electron chi connectivity index (χ4n) is 2.28. The van der Waals surface area contributed by atoms with E-state index in [1.807, 2.05) is 6.07 Å². The van der Waals surface area contributed by atoms with Crippen LogP contribution in [0, 0.1) is 10.1 Å². The number of hydrogen-bond donors (Lipinski definition) is 0. The Morgan fingerprint density at radius 3 is 1.83 bits per heavy atom. The molecule has 0 aliphatic carbocycles. The van der Waals surface area contributed by atoms with Crippen molar-refractivity contribution >= 4 is 11.7 Å². The number of nitro groups is 1. The van der Waals surface area contributed by atoms with Crippen molar-refractivity contribution in [3.05, 3.63) is 70.3 Å². The van der Waals surface area contributed by atoms with Gasteiger partial charge in [-0.15, -0.1) is 0 Å². The molecule has 0 saturated carbocycles. The number of nitro benzene ring substituents is 1. The second-order valence-electron chi connectivity index (χ2n) is 5.94. The number of benzene rings is 2. The van der Waals surface area contributed by atoms with Crippen LogP contribution in [0.3, 0.4) is 0 Å². The predicted molar refractivity (Wildman–Crippen MR) is 108 cm³/mol. The molecule has 0 radical (unpaired) electrons. The summed E-state index contributed by atoms with van der Waals surface area (Å²) in [6.07, 6.45) is 0. The smallest absolute Gasteiger partial charge is 0.338 e. The molecule has 0 atom stereocenters. The maximum atomic E-state index is 11.7. The van der Waals surface area contributed by atoms with Gasteiger partial charge in [0.05, 0.1) is 50.1 Å². The van der Waals surface area contributed by atoms with Crippen LogP contribution in [-0.4, -0.2) is 63.7 Å². The van der Waals surface area contributed by atoms with Gasteiger partial charge in [-0.3, -0.25) is 10.1 Å². The Hall–Kier alpha value is -3.01. The van der Waals surface area contributed by atoms with Crippen LogP contribution in [0.1, 0.15) is 10.4 Å². The first-order valence-corrected chi connectivity index (χ1v) is 9.49. The molecule has 9 nitrogen and oxygen atoms in total. The van der Waals surface area contributed by atoms with E-state index in [2.05, 4.69) is 0 Å². The van der Waals surface area contributed by atoms with Crippen LogP contribution in [0.15, 0.2) is 54.6 Å². The summed E-state index contributed by atoms with van der Waals surface area (Å²) in [5.41, 5.74) is 0.534. The SMILES string of the molecule is O=C(OCCOCCOCCOCCOc1ccc([N+](=O)[O-])cc1)c1ccccc1. The average molecular weight is 419 g/mol. The summed E-state index contributed by atoms with van der Waals surface area (Å²) in [7, 11) is 0. The molecule has 2 aromatic carbocycles. The number of carbonyl (C=O) groups excluding carboxylic acids is 1. The number of hydrogen-bond acceptors (Lipinski definition) is 8. The molecule has 9 heteroatoms. The van der Waals surface area contributed by atoms with Gasteiger partial charge in [0.1, 0.15) is 19.0 Å². The summed E-state index contributed by atoms with van der Waals surface area (Å²) in [5.74, 6) is 0.178. The first kappa shape index (κ1) is 23.3. The molecule has 0 amide bonds. The van der Waals surface area contributed by atoms with Gasteiger partial charge in [-0.1, -0.05) is 18.2 Å². The van der Waals surface area contributed by atoms with Crippen molar-refractivity contribution in [2.75, 3.05) is 52.9 Å². The number of ether oxygens (including phenoxy) is 5. The van der Waals surface area contributed by atoms with Crippen LogP contribution in [0.2, 0.25) is 0 Å². The van der Waals surface area contributed by atoms with Gasteiger partial charge >= 0.3 is 5.97 Å². The Labute approximate surface area is 174 Å². The van der Waals surface area contributed by atoms with E-state index in [4.69, 9.17) is 23.7 Å². The third kappa shape index (κ3) is 9.46. The van der Waals surface area contributed by atoms with Crippen LogP contribution in [-0.2, 0) is 18.9 Å². The maximum absolute atomic E-state index is 11.7. The van der Waals surface area contributed by atoms with E-state index in [1.165, 1.54) is 12.1 Å². The maximum Gasteiger partial charge on any atom is 0.338 e. The molecule has 0 aromatic heterocycles. The van der Waals surface area contributed by atoms with Crippen LogP contribution < -0.4 is 4.74 Å². The minimum Gasteiger partial charge on any atom is -0.491 e. The molecule has 0 fully saturated rings. The largest absolute Gasteiger partial charge is 0.491 e. The van der Waals surface area contributed by atoms with E-state index < -0.39 is 4.92 Å². The monoisotopic (exact) mass is 419 g/mol. The zero-order chi connectivity index (χ0) is 21.4. The molecule has 2 aromatic rings. The summed E-state index contributed by atoms with van der Waals surface area (Å²) >= 11 is 0. The van der Waals surface area contributed by atoms with Crippen molar-refractivity contribution in [1.82, 2.24) is 0 Å². The molecule has 2 rings (SSSR count). The van der Waals surface area contributed by atoms with Crippen molar-refractivity contribution in [2.45, 2.75) is 0 Å². The molecule has 30 heavy (non-hydrogen) atoms. The van der Waals surface area contributed by atoms with Gasteiger partial charge in [-0.25, -0.2) is 4.79 Å². The highest BCUT2D eigenvalue weighted by molar-refractivity contribution is 5.89. The van der Waals surface area contributed by atoms with Gasteiger partial charge in [0.25, 0.3) is 5.69 Å². The summed E-state index contributed by atoms with van der Waals surface area (Å²) in [6.45, 7) is 2.85. The number of nitrogens with zero attached hydrogens (tertiary/aromatic N) is 1. The van der Waals surface area contributed by atoms with E-state index >= 15 is 0 Å². The summed E-state index contributed by atoms with van der Waals surface area (Å²) in [4.78, 5) is 21.8. The van der Waals surface area contributed by atoms with Crippen LogP contribution in [0.4, 0.5) is 5.69 Å². The van der Waals surface area contributed by atoms with Crippen molar-refractivity contribution in [2.24, 2.45) is 0 Å². The lowest BCUT2D eigenvalue weighted by Crippen LogP contribution is -2.15. The van der Waals surface area contributed by atoms with Gasteiger partial charge in [0, 0.05) is 12.1 Å². The molecular formula is C21H25NO8. The molecule has 162 valence electrons. The lowest BCUT2D eigenvalue weighted by molar-refractivity contribution is -0.384. The Bertz CT molecular complexity index is 751. The Kier molecular flexibility index (Phi) is 10.9. The zero-order valence-electron chi connectivity index (χ0n) is 16.6. The van der Waals surface area contributed by atoms with E-state index in [9.17, 15) is 14.9 Å². The van der Waals surface area contributed by atoms with Crippen molar-refractivity contribution < 1.29 is 33.4 Å². The summed E-state index contributed by atoms with van der Waals surface area (Å²) in [6, 6.07) is 14.6. The van der Waals surface area contributed by atoms with E-state index in [0.717, 1.165) is 0 Å². The number of carbonyl (C=O) groups is 1. The number of non-ortho nitro benzene ring substituents is 1. The fraction of sp³-hybridized carbons (Fsp3) is 0.381. The van der Waals surface area contributed by atoms with E-state index in [0.29, 0.717) is 57.6 Å². The Morgan fingerprint density at radius 1 is 0.733 bits per heavy atom. The molecule has 0 spiro atoms. The zero-order valence-corrected chi connectivity index (χ0v) is 16.6. The standard InChI is InChI=1S/C21H25NO8/c23-21(18-4-2-1-3-5-18)30-17-15-28-13-11-26-10-12-27-14-16-29-20-8-6-19(7-9-20)22(24)25/h1-9H,10-17H2. The molecular weight excluding hydrogens is 394 g/mol. The second-order valence-corrected chi connectivity index (χ2v) is 5.94. The van der Waals surface area contributed by atoms with Crippen molar-refractivity contribution in [1.29, 1.82) is 0 Å². The fourth-order valence-corrected chi connectivity index (χ4v) is 2.28. The quantitative estimate of drug-likeness (QED) is 0.188. The van der Waals surface area contributed by atoms with E-state index in [1.54, 1.807) is 36.4 Å². The number of rotatable bonds is 15. The molecule has 0 bridgehead atoms. The highest BCUT2D eigenvalue weighted by atomic mass is 16.6. The lowest BCUT2D eigenvalue weighted by atomic mass is 10.2. The summed E-state index contributed by atoms with van der Waals surface area (Å²) in [5, 5.41) is 10.6. The molecule has 0 aliphatic rings. The molecule has 0 aliphatic heterocycles. The highest BCUT2D eigenvalue weighted by Gasteiger charge is 2.05. The van der Waals surface area contributed by atoms with E-state index in [-0.39, 0.29) is 18.3 Å². The number of esters is 1. The van der Waals surface area contributed by atoms with Gasteiger partial charge in [0.2, 0.25) is 0 Å².